The summed E-state index contributed by atoms with van der Waals surface area (Å²) >= 11 is 0. The predicted molar refractivity (Wildman–Crippen MR) is 87.9 cm³/mol. The maximum atomic E-state index is 12.2. The maximum Gasteiger partial charge on any atom is 0.227 e. The van der Waals surface area contributed by atoms with E-state index >= 15 is 0 Å². The van der Waals surface area contributed by atoms with Gasteiger partial charge in [-0.3, -0.25) is 9.59 Å². The van der Waals surface area contributed by atoms with E-state index in [-0.39, 0.29) is 18.1 Å². The van der Waals surface area contributed by atoms with Crippen molar-refractivity contribution in [3.05, 3.63) is 51.7 Å². The molecule has 5 heteroatoms. The van der Waals surface area contributed by atoms with Gasteiger partial charge in [0, 0.05) is 23.1 Å². The summed E-state index contributed by atoms with van der Waals surface area (Å²) in [6.45, 7) is 3.97. The van der Waals surface area contributed by atoms with Gasteiger partial charge in [-0.2, -0.15) is 0 Å². The average Bonchev–Trinajstić information content (AvgIpc) is 2.56. The Bertz CT molecular complexity index is 926. The number of amides is 1. The van der Waals surface area contributed by atoms with E-state index in [1.54, 1.807) is 13.0 Å². The lowest BCUT2D eigenvalue weighted by Crippen LogP contribution is -2.26. The van der Waals surface area contributed by atoms with Crippen molar-refractivity contribution >= 4 is 16.9 Å². The van der Waals surface area contributed by atoms with Crippen molar-refractivity contribution in [2.24, 2.45) is 0 Å². The van der Waals surface area contributed by atoms with Crippen LogP contribution in [-0.4, -0.2) is 17.6 Å². The molecule has 1 amide bonds. The molecule has 0 unspecified atom stereocenters. The van der Waals surface area contributed by atoms with Crippen LogP contribution in [0.25, 0.3) is 22.3 Å². The number of phenols is 1. The third-order valence-electron chi connectivity index (χ3n) is 3.94. The van der Waals surface area contributed by atoms with Crippen LogP contribution in [0.1, 0.15) is 18.1 Å². The van der Waals surface area contributed by atoms with Crippen LogP contribution in [0.3, 0.4) is 0 Å². The van der Waals surface area contributed by atoms with Gasteiger partial charge in [0.25, 0.3) is 0 Å². The Labute approximate surface area is 132 Å². The molecule has 118 valence electrons. The number of hydrogen-bond acceptors (Lipinski definition) is 4. The maximum absolute atomic E-state index is 12.2. The second-order valence-electron chi connectivity index (χ2n) is 5.44. The first-order valence-corrected chi connectivity index (χ1v) is 7.46. The van der Waals surface area contributed by atoms with Gasteiger partial charge in [0.2, 0.25) is 17.1 Å². The van der Waals surface area contributed by atoms with Crippen molar-refractivity contribution in [3.8, 4) is 17.1 Å². The highest BCUT2D eigenvalue weighted by Gasteiger charge is 2.24. The Morgan fingerprint density at radius 1 is 1.30 bits per heavy atom. The van der Waals surface area contributed by atoms with E-state index in [0.717, 1.165) is 5.39 Å². The van der Waals surface area contributed by atoms with Gasteiger partial charge < -0.3 is 14.8 Å². The minimum absolute atomic E-state index is 0.0690. The SMILES string of the molecule is CCNC(=O)Cc1c2cc3ccccc3oc-2c(O)c(=O)c1C. The second-order valence-corrected chi connectivity index (χ2v) is 5.44. The first kappa shape index (κ1) is 15.1. The molecule has 0 bridgehead atoms. The molecule has 1 heterocycles. The fourth-order valence-electron chi connectivity index (χ4n) is 2.75. The lowest BCUT2D eigenvalue weighted by atomic mass is 9.93. The Kier molecular flexibility index (Phi) is 3.78. The highest BCUT2D eigenvalue weighted by atomic mass is 16.4. The standard InChI is InChI=1S/C18H17NO4/c1-3-19-15(20)9-12-10(2)16(21)17(22)18-13(12)8-11-6-4-5-7-14(11)23-18/h4-8,22H,3,9H2,1-2H3,(H,19,20). The molecule has 0 saturated carbocycles. The zero-order chi connectivity index (χ0) is 16.6. The van der Waals surface area contributed by atoms with Crippen LogP contribution in [0.15, 0.2) is 39.5 Å². The summed E-state index contributed by atoms with van der Waals surface area (Å²) in [6.07, 6.45) is 0.0690. The molecule has 0 fully saturated rings. The number of nitrogens with one attached hydrogen (secondary N) is 1. The van der Waals surface area contributed by atoms with E-state index < -0.39 is 11.2 Å². The van der Waals surface area contributed by atoms with Gasteiger partial charge in [-0.25, -0.2) is 0 Å². The summed E-state index contributed by atoms with van der Waals surface area (Å²) in [5.74, 6) is -0.461. The zero-order valence-corrected chi connectivity index (χ0v) is 13.0. The van der Waals surface area contributed by atoms with Crippen LogP contribution in [0.4, 0.5) is 0 Å². The van der Waals surface area contributed by atoms with Crippen LogP contribution in [0.5, 0.6) is 5.75 Å². The first-order valence-electron chi connectivity index (χ1n) is 7.46. The molecule has 3 rings (SSSR count). The number of aromatic hydroxyl groups is 1. The fraction of sp³-hybridized carbons (Fsp3) is 0.222. The smallest absolute Gasteiger partial charge is 0.227 e. The molecule has 0 spiro atoms. The third-order valence-corrected chi connectivity index (χ3v) is 3.94. The molecule has 1 aliphatic heterocycles. The summed E-state index contributed by atoms with van der Waals surface area (Å²) in [5, 5.41) is 13.7. The van der Waals surface area contributed by atoms with Crippen molar-refractivity contribution in [1.82, 2.24) is 5.32 Å². The van der Waals surface area contributed by atoms with Gasteiger partial charge in [-0.05, 0) is 31.5 Å². The number of fused-ring (bicyclic) bond motifs is 2. The van der Waals surface area contributed by atoms with Crippen LogP contribution in [0.2, 0.25) is 0 Å². The predicted octanol–water partition coefficient (Wildman–Crippen LogP) is 2.59. The number of likely N-dealkylation sites (N-methyl/N-ethyl adjacent to an activating group) is 1. The van der Waals surface area contributed by atoms with Gasteiger partial charge in [-0.1, -0.05) is 18.2 Å². The van der Waals surface area contributed by atoms with Gasteiger partial charge >= 0.3 is 0 Å². The van der Waals surface area contributed by atoms with Gasteiger partial charge in [0.15, 0.2) is 5.76 Å². The highest BCUT2D eigenvalue weighted by molar-refractivity contribution is 5.88. The summed E-state index contributed by atoms with van der Waals surface area (Å²) in [4.78, 5) is 24.2. The van der Waals surface area contributed by atoms with Gasteiger partial charge in [0.05, 0.1) is 6.42 Å². The molecule has 0 aromatic heterocycles. The van der Waals surface area contributed by atoms with Gasteiger partial charge in [-0.15, -0.1) is 0 Å². The van der Waals surface area contributed by atoms with Crippen LogP contribution in [0, 0.1) is 6.92 Å². The number of benzene rings is 2. The first-order chi connectivity index (χ1) is 11.0. The van der Waals surface area contributed by atoms with Crippen molar-refractivity contribution in [1.29, 1.82) is 0 Å². The van der Waals surface area contributed by atoms with Crippen molar-refractivity contribution in [2.45, 2.75) is 20.3 Å². The largest absolute Gasteiger partial charge is 0.502 e. The van der Waals surface area contributed by atoms with Gasteiger partial charge in [0.1, 0.15) is 5.58 Å². The lowest BCUT2D eigenvalue weighted by molar-refractivity contribution is -0.120. The van der Waals surface area contributed by atoms with E-state index in [1.807, 2.05) is 31.2 Å². The summed E-state index contributed by atoms with van der Waals surface area (Å²) in [5.41, 5.74) is 1.61. The quantitative estimate of drug-likeness (QED) is 0.729. The summed E-state index contributed by atoms with van der Waals surface area (Å²) in [6, 6.07) is 9.18. The highest BCUT2D eigenvalue weighted by Crippen LogP contribution is 2.36. The molecular weight excluding hydrogens is 294 g/mol. The molecule has 0 radical (unpaired) electrons. The van der Waals surface area contributed by atoms with Crippen LogP contribution in [-0.2, 0) is 11.2 Å². The van der Waals surface area contributed by atoms with Crippen molar-refractivity contribution in [3.63, 3.8) is 0 Å². The summed E-state index contributed by atoms with van der Waals surface area (Å²) in [7, 11) is 0. The zero-order valence-electron chi connectivity index (χ0n) is 13.0. The van der Waals surface area contributed by atoms with E-state index in [9.17, 15) is 14.7 Å². The van der Waals surface area contributed by atoms with Crippen molar-refractivity contribution in [2.75, 3.05) is 6.54 Å². The van der Waals surface area contributed by atoms with Crippen molar-refractivity contribution < 1.29 is 14.3 Å². The number of carbonyl (C=O) groups excluding carboxylic acids is 1. The van der Waals surface area contributed by atoms with Crippen LogP contribution >= 0.6 is 0 Å². The summed E-state index contributed by atoms with van der Waals surface area (Å²) < 4.78 is 5.71. The molecule has 5 nitrogen and oxygen atoms in total. The molecule has 1 aliphatic carbocycles. The Balaban J connectivity index is 2.32. The molecule has 0 atom stereocenters. The lowest BCUT2D eigenvalue weighted by Gasteiger charge is -2.15. The number of rotatable bonds is 3. The number of carbonyl (C=O) groups is 1. The Morgan fingerprint density at radius 3 is 2.78 bits per heavy atom. The molecule has 2 aliphatic rings. The molecule has 23 heavy (non-hydrogen) atoms. The number of para-hydroxylation sites is 1. The number of hydrogen-bond donors (Lipinski definition) is 2. The van der Waals surface area contributed by atoms with Crippen LogP contribution < -0.4 is 10.7 Å². The monoisotopic (exact) mass is 311 g/mol. The van der Waals surface area contributed by atoms with E-state index in [4.69, 9.17) is 4.42 Å². The minimum atomic E-state index is -0.504. The minimum Gasteiger partial charge on any atom is -0.502 e. The second kappa shape index (κ2) is 5.76. The van der Waals surface area contributed by atoms with E-state index in [0.29, 0.717) is 28.8 Å². The number of phenolic OH excluding ortho intramolecular Hbond substituents is 1. The topological polar surface area (TPSA) is 79.5 Å². The molecular formula is C18H17NO4. The molecule has 0 saturated heterocycles. The van der Waals surface area contributed by atoms with E-state index in [2.05, 4.69) is 5.32 Å². The molecule has 2 N–H and O–H groups in total. The Morgan fingerprint density at radius 2 is 2.04 bits per heavy atom. The Hall–Kier alpha value is -2.82. The normalized spacial score (nSPS) is 11.0. The third kappa shape index (κ3) is 2.54. The van der Waals surface area contributed by atoms with E-state index in [1.165, 1.54) is 0 Å². The fourth-order valence-corrected chi connectivity index (χ4v) is 2.75. The molecule has 1 aromatic carbocycles. The molecule has 1 aromatic rings. The average molecular weight is 311 g/mol.